The number of ether oxygens (including phenoxy) is 3. The number of rotatable bonds is 7. The number of carbonyl (C=O) groups is 2. The molecule has 3 aromatic rings. The molecular weight excluding hydrogens is 464 g/mol. The number of methoxy groups -OCH3 is 2. The number of morpholine rings is 1. The van der Waals surface area contributed by atoms with Crippen LogP contribution >= 0.6 is 0 Å². The molecule has 1 unspecified atom stereocenters. The summed E-state index contributed by atoms with van der Waals surface area (Å²) in [6.45, 7) is 4.40. The van der Waals surface area contributed by atoms with E-state index in [1.54, 1.807) is 47.4 Å². The molecule has 2 aliphatic rings. The first-order valence-electron chi connectivity index (χ1n) is 12.0. The van der Waals surface area contributed by atoms with Crippen LogP contribution in [0.1, 0.15) is 44.5 Å². The van der Waals surface area contributed by atoms with Gasteiger partial charge in [0.1, 0.15) is 11.3 Å². The van der Waals surface area contributed by atoms with Crippen molar-refractivity contribution in [2.45, 2.75) is 12.5 Å². The van der Waals surface area contributed by atoms with E-state index in [2.05, 4.69) is 4.90 Å². The first-order valence-corrected chi connectivity index (χ1v) is 12.0. The molecule has 9 nitrogen and oxygen atoms in total. The minimum absolute atomic E-state index is 0.0502. The molecule has 0 radical (unpaired) electrons. The lowest BCUT2D eigenvalue weighted by molar-refractivity contribution is 0.0353. The molecule has 1 saturated heterocycles. The molecule has 1 atom stereocenters. The lowest BCUT2D eigenvalue weighted by atomic mass is 9.97. The number of benzene rings is 2. The Morgan fingerprint density at radius 2 is 1.78 bits per heavy atom. The highest BCUT2D eigenvalue weighted by Gasteiger charge is 2.42. The second-order valence-corrected chi connectivity index (χ2v) is 8.86. The molecule has 188 valence electrons. The Bertz CT molecular complexity index is 1340. The monoisotopic (exact) mass is 492 g/mol. The number of esters is 1. The largest absolute Gasteiger partial charge is 0.497 e. The fourth-order valence-electron chi connectivity index (χ4n) is 4.91. The van der Waals surface area contributed by atoms with Crippen molar-refractivity contribution in [1.82, 2.24) is 9.80 Å². The first-order chi connectivity index (χ1) is 17.5. The van der Waals surface area contributed by atoms with Crippen LogP contribution in [-0.4, -0.2) is 75.3 Å². The summed E-state index contributed by atoms with van der Waals surface area (Å²) < 4.78 is 21.5. The molecule has 9 heteroatoms. The van der Waals surface area contributed by atoms with Gasteiger partial charge in [0.05, 0.1) is 50.0 Å². The minimum atomic E-state index is -0.619. The number of hydrogen-bond acceptors (Lipinski definition) is 8. The van der Waals surface area contributed by atoms with Crippen LogP contribution < -0.4 is 10.2 Å². The van der Waals surface area contributed by atoms with Crippen LogP contribution in [0.4, 0.5) is 0 Å². The number of carbonyl (C=O) groups excluding carboxylic acids is 2. The molecule has 3 heterocycles. The average molecular weight is 493 g/mol. The maximum Gasteiger partial charge on any atom is 0.337 e. The third-order valence-electron chi connectivity index (χ3n) is 6.80. The van der Waals surface area contributed by atoms with Crippen LogP contribution in [0.25, 0.3) is 11.0 Å². The maximum atomic E-state index is 13.7. The number of nitrogens with zero attached hydrogens (tertiary/aromatic N) is 2. The summed E-state index contributed by atoms with van der Waals surface area (Å²) >= 11 is 0. The third kappa shape index (κ3) is 4.36. The highest BCUT2D eigenvalue weighted by molar-refractivity contribution is 5.99. The Morgan fingerprint density at radius 3 is 2.47 bits per heavy atom. The second-order valence-electron chi connectivity index (χ2n) is 8.86. The van der Waals surface area contributed by atoms with Crippen molar-refractivity contribution in [3.05, 3.63) is 75.1 Å². The van der Waals surface area contributed by atoms with Crippen LogP contribution in [0.5, 0.6) is 5.75 Å². The van der Waals surface area contributed by atoms with Gasteiger partial charge in [-0.1, -0.05) is 12.1 Å². The van der Waals surface area contributed by atoms with Crippen LogP contribution in [0.3, 0.4) is 0 Å². The van der Waals surface area contributed by atoms with Gasteiger partial charge in [-0.15, -0.1) is 0 Å². The van der Waals surface area contributed by atoms with E-state index in [1.807, 2.05) is 0 Å². The summed E-state index contributed by atoms with van der Waals surface area (Å²) in [5.74, 6) is -0.190. The lowest BCUT2D eigenvalue weighted by Gasteiger charge is -2.29. The molecule has 2 aromatic carbocycles. The minimum Gasteiger partial charge on any atom is -0.497 e. The predicted molar refractivity (Wildman–Crippen MR) is 132 cm³/mol. The maximum absolute atomic E-state index is 13.7. The van der Waals surface area contributed by atoms with Crippen LogP contribution in [0.15, 0.2) is 51.7 Å². The zero-order valence-corrected chi connectivity index (χ0v) is 20.3. The summed E-state index contributed by atoms with van der Waals surface area (Å²) in [5, 5.41) is 0.383. The SMILES string of the molecule is COC(=O)c1ccc(C2c3c(oc4cc(OC)ccc4c3=O)C(=O)N2CCCN2CCOCC2)cc1. The van der Waals surface area contributed by atoms with Crippen molar-refractivity contribution in [3.63, 3.8) is 0 Å². The molecule has 1 amide bonds. The second kappa shape index (κ2) is 10.1. The molecule has 0 spiro atoms. The number of hydrogen-bond donors (Lipinski definition) is 0. The van der Waals surface area contributed by atoms with Crippen molar-refractivity contribution in [3.8, 4) is 5.75 Å². The molecule has 0 N–H and O–H groups in total. The van der Waals surface area contributed by atoms with E-state index in [-0.39, 0.29) is 17.1 Å². The quantitative estimate of drug-likeness (QED) is 0.465. The van der Waals surface area contributed by atoms with Crippen molar-refractivity contribution in [1.29, 1.82) is 0 Å². The van der Waals surface area contributed by atoms with E-state index in [9.17, 15) is 14.4 Å². The van der Waals surface area contributed by atoms with Crippen molar-refractivity contribution in [2.24, 2.45) is 0 Å². The van der Waals surface area contributed by atoms with Gasteiger partial charge in [-0.3, -0.25) is 14.5 Å². The molecule has 0 bridgehead atoms. The topological polar surface area (TPSA) is 98.5 Å². The first kappa shape index (κ1) is 24.0. The van der Waals surface area contributed by atoms with Gasteiger partial charge in [0.25, 0.3) is 5.91 Å². The van der Waals surface area contributed by atoms with Crippen molar-refractivity contribution in [2.75, 3.05) is 53.6 Å². The molecule has 0 saturated carbocycles. The predicted octanol–water partition coefficient (Wildman–Crippen LogP) is 2.86. The fraction of sp³-hybridized carbons (Fsp3) is 0.370. The Labute approximate surface area is 208 Å². The summed E-state index contributed by atoms with van der Waals surface area (Å²) in [6, 6.07) is 11.1. The van der Waals surface area contributed by atoms with E-state index in [0.29, 0.717) is 47.6 Å². The van der Waals surface area contributed by atoms with Gasteiger partial charge in [0.15, 0.2) is 5.43 Å². The molecule has 1 aromatic heterocycles. The summed E-state index contributed by atoms with van der Waals surface area (Å²) in [5.41, 5.74) is 1.49. The summed E-state index contributed by atoms with van der Waals surface area (Å²) in [6.07, 6.45) is 0.734. The third-order valence-corrected chi connectivity index (χ3v) is 6.80. The van der Waals surface area contributed by atoms with Crippen molar-refractivity contribution < 1.29 is 28.2 Å². The van der Waals surface area contributed by atoms with Gasteiger partial charge < -0.3 is 23.5 Å². The van der Waals surface area contributed by atoms with E-state index in [0.717, 1.165) is 31.6 Å². The molecule has 0 aliphatic carbocycles. The standard InChI is InChI=1S/C27H28N2O7/c1-33-19-8-9-20-21(16-19)36-25-22(24(20)30)23(17-4-6-18(7-5-17)27(32)34-2)29(26(25)31)11-3-10-28-12-14-35-15-13-28/h4-9,16,23H,3,10-15H2,1-2H3. The van der Waals surface area contributed by atoms with Gasteiger partial charge in [-0.05, 0) is 36.2 Å². The lowest BCUT2D eigenvalue weighted by Crippen LogP contribution is -2.38. The normalized spacial score (nSPS) is 17.9. The van der Waals surface area contributed by atoms with E-state index >= 15 is 0 Å². The molecule has 2 aliphatic heterocycles. The zero-order chi connectivity index (χ0) is 25.2. The molecule has 5 rings (SSSR count). The van der Waals surface area contributed by atoms with Crippen LogP contribution in [0.2, 0.25) is 0 Å². The Kier molecular flexibility index (Phi) is 6.75. The molecular formula is C27H28N2O7. The Balaban J connectivity index is 1.53. The Hall–Kier alpha value is -3.69. The van der Waals surface area contributed by atoms with Crippen LogP contribution in [0, 0.1) is 0 Å². The van der Waals surface area contributed by atoms with E-state index < -0.39 is 12.0 Å². The van der Waals surface area contributed by atoms with Gasteiger partial charge in [-0.25, -0.2) is 4.79 Å². The highest BCUT2D eigenvalue weighted by Crippen LogP contribution is 2.38. The van der Waals surface area contributed by atoms with Gasteiger partial charge in [-0.2, -0.15) is 0 Å². The Morgan fingerprint density at radius 1 is 1.03 bits per heavy atom. The van der Waals surface area contributed by atoms with Crippen LogP contribution in [-0.2, 0) is 9.47 Å². The number of amides is 1. The highest BCUT2D eigenvalue weighted by atomic mass is 16.5. The van der Waals surface area contributed by atoms with E-state index in [4.69, 9.17) is 18.6 Å². The fourth-order valence-corrected chi connectivity index (χ4v) is 4.91. The van der Waals surface area contributed by atoms with Gasteiger partial charge in [0, 0.05) is 32.2 Å². The average Bonchev–Trinajstić information content (AvgIpc) is 3.20. The van der Waals surface area contributed by atoms with Gasteiger partial charge >= 0.3 is 5.97 Å². The van der Waals surface area contributed by atoms with Crippen molar-refractivity contribution >= 4 is 22.8 Å². The summed E-state index contributed by atoms with van der Waals surface area (Å²) in [4.78, 5) is 43.2. The summed E-state index contributed by atoms with van der Waals surface area (Å²) in [7, 11) is 2.85. The molecule has 1 fully saturated rings. The zero-order valence-electron chi connectivity index (χ0n) is 20.3. The smallest absolute Gasteiger partial charge is 0.337 e. The number of fused-ring (bicyclic) bond motifs is 2. The molecule has 36 heavy (non-hydrogen) atoms. The van der Waals surface area contributed by atoms with Gasteiger partial charge in [0.2, 0.25) is 5.76 Å². The van der Waals surface area contributed by atoms with E-state index in [1.165, 1.54) is 14.2 Å².